The number of carbonyl (C=O) groups is 1. The van der Waals surface area contributed by atoms with Gasteiger partial charge in [0, 0.05) is 0 Å². The summed E-state index contributed by atoms with van der Waals surface area (Å²) in [5, 5.41) is -0.0831. The van der Waals surface area contributed by atoms with E-state index in [1.807, 2.05) is 6.92 Å². The Labute approximate surface area is 125 Å². The van der Waals surface area contributed by atoms with Gasteiger partial charge in [-0.1, -0.05) is 13.5 Å². The van der Waals surface area contributed by atoms with Crippen molar-refractivity contribution in [2.75, 3.05) is 11.5 Å². The van der Waals surface area contributed by atoms with Crippen molar-refractivity contribution < 1.29 is 22.7 Å². The van der Waals surface area contributed by atoms with Crippen LogP contribution in [0.5, 0.6) is 0 Å². The second kappa shape index (κ2) is 6.64. The molecule has 3 unspecified atom stereocenters. The Morgan fingerprint density at radius 3 is 2.55 bits per heavy atom. The molecule has 0 spiro atoms. The van der Waals surface area contributed by atoms with E-state index in [4.69, 9.17) is 4.74 Å². The Balaban J connectivity index is 2.76. The van der Waals surface area contributed by atoms with Crippen LogP contribution in [-0.4, -0.2) is 33.8 Å². The predicted octanol–water partition coefficient (Wildman–Crippen LogP) is 4.26. The van der Waals surface area contributed by atoms with Crippen molar-refractivity contribution in [3.8, 4) is 0 Å². The number of carbonyl (C=O) groups excluding carboxylic acids is 1. The maximum Gasteiger partial charge on any atom is 0.422 e. The number of ether oxygens (including phenoxy) is 1. The first-order valence-electron chi connectivity index (χ1n) is 6.31. The Morgan fingerprint density at radius 1 is 1.40 bits per heavy atom. The summed E-state index contributed by atoms with van der Waals surface area (Å²) in [6.07, 6.45) is -3.79. The van der Waals surface area contributed by atoms with Gasteiger partial charge in [0.25, 0.3) is 0 Å². The molecule has 0 aromatic carbocycles. The fourth-order valence-corrected chi connectivity index (χ4v) is 4.44. The minimum absolute atomic E-state index is 0.0831. The summed E-state index contributed by atoms with van der Waals surface area (Å²) in [7, 11) is 0. The molecule has 0 aliphatic carbocycles. The van der Waals surface area contributed by atoms with Gasteiger partial charge in [0.15, 0.2) is 4.93 Å². The zero-order valence-electron chi connectivity index (χ0n) is 11.8. The van der Waals surface area contributed by atoms with Gasteiger partial charge < -0.3 is 4.74 Å². The third kappa shape index (κ3) is 4.62. The van der Waals surface area contributed by atoms with Gasteiger partial charge >= 0.3 is 12.1 Å². The first kappa shape index (κ1) is 17.8. The van der Waals surface area contributed by atoms with Crippen molar-refractivity contribution >= 4 is 29.5 Å². The lowest BCUT2D eigenvalue weighted by molar-refractivity contribution is -0.156. The standard InChI is InChI=1S/C13H19F3O2S2/c1-8-5-6-20-12(4,10(3)19-7-8)18-11(17)9(2)13(14,15)16/h8,10H,2,5-7H2,1,3-4H3. The maximum atomic E-state index is 12.5. The topological polar surface area (TPSA) is 26.3 Å². The molecular weight excluding hydrogens is 309 g/mol. The molecule has 1 rings (SSSR count). The SMILES string of the molecule is C=C(C(=O)OC1(C)SCCC(C)CSC1C)C(F)(F)F. The molecule has 0 bridgehead atoms. The molecule has 1 heterocycles. The molecule has 3 atom stereocenters. The van der Waals surface area contributed by atoms with Crippen LogP contribution in [0.1, 0.15) is 27.2 Å². The highest BCUT2D eigenvalue weighted by Gasteiger charge is 2.43. The minimum Gasteiger partial charge on any atom is -0.443 e. The summed E-state index contributed by atoms with van der Waals surface area (Å²) in [6.45, 7) is 8.47. The normalized spacial score (nSPS) is 32.1. The van der Waals surface area contributed by atoms with Gasteiger partial charge in [-0.2, -0.15) is 24.9 Å². The molecule has 1 aliphatic rings. The minimum atomic E-state index is -4.75. The van der Waals surface area contributed by atoms with E-state index < -0.39 is 22.7 Å². The summed E-state index contributed by atoms with van der Waals surface area (Å²) in [5.74, 6) is 0.845. The van der Waals surface area contributed by atoms with Crippen molar-refractivity contribution in [1.82, 2.24) is 0 Å². The molecule has 0 aromatic heterocycles. The molecule has 0 saturated carbocycles. The van der Waals surface area contributed by atoms with Gasteiger partial charge in [0.05, 0.1) is 5.25 Å². The fourth-order valence-electron chi connectivity index (χ4n) is 1.60. The first-order valence-corrected chi connectivity index (χ1v) is 8.34. The van der Waals surface area contributed by atoms with E-state index in [2.05, 4.69) is 13.5 Å². The van der Waals surface area contributed by atoms with Gasteiger partial charge in [0.1, 0.15) is 5.57 Å². The zero-order valence-corrected chi connectivity index (χ0v) is 13.4. The zero-order chi connectivity index (χ0) is 15.6. The van der Waals surface area contributed by atoms with E-state index in [9.17, 15) is 18.0 Å². The van der Waals surface area contributed by atoms with Crippen LogP contribution in [0, 0.1) is 5.92 Å². The molecule has 0 aromatic rings. The first-order chi connectivity index (χ1) is 9.06. The van der Waals surface area contributed by atoms with Crippen LogP contribution in [0.25, 0.3) is 0 Å². The molecule has 0 radical (unpaired) electrons. The van der Waals surface area contributed by atoms with Crippen LogP contribution in [-0.2, 0) is 9.53 Å². The Morgan fingerprint density at radius 2 is 2.00 bits per heavy atom. The van der Waals surface area contributed by atoms with Gasteiger partial charge in [0.2, 0.25) is 0 Å². The summed E-state index contributed by atoms with van der Waals surface area (Å²) in [6, 6.07) is 0. The maximum absolute atomic E-state index is 12.5. The molecular formula is C13H19F3O2S2. The summed E-state index contributed by atoms with van der Waals surface area (Å²) in [4.78, 5) is 10.6. The lowest BCUT2D eigenvalue weighted by Crippen LogP contribution is -2.40. The second-order valence-electron chi connectivity index (χ2n) is 5.10. The molecule has 0 N–H and O–H groups in total. The van der Waals surface area contributed by atoms with Crippen molar-refractivity contribution in [2.45, 2.75) is 43.6 Å². The summed E-state index contributed by atoms with van der Waals surface area (Å²) < 4.78 is 42.5. The van der Waals surface area contributed by atoms with Crippen LogP contribution in [0.2, 0.25) is 0 Å². The van der Waals surface area contributed by atoms with E-state index in [-0.39, 0.29) is 5.25 Å². The van der Waals surface area contributed by atoms with E-state index in [1.54, 1.807) is 18.7 Å². The van der Waals surface area contributed by atoms with Crippen LogP contribution >= 0.6 is 23.5 Å². The lowest BCUT2D eigenvalue weighted by Gasteiger charge is -2.37. The Kier molecular flexibility index (Phi) is 5.89. The molecule has 1 aliphatic heterocycles. The van der Waals surface area contributed by atoms with E-state index in [0.29, 0.717) is 5.92 Å². The third-order valence-electron chi connectivity index (χ3n) is 3.25. The average molecular weight is 328 g/mol. The average Bonchev–Trinajstić information content (AvgIpc) is 2.32. The number of halogens is 3. The van der Waals surface area contributed by atoms with E-state index in [0.717, 1.165) is 17.9 Å². The van der Waals surface area contributed by atoms with Crippen LogP contribution in [0.4, 0.5) is 13.2 Å². The van der Waals surface area contributed by atoms with Crippen LogP contribution in [0.3, 0.4) is 0 Å². The van der Waals surface area contributed by atoms with E-state index >= 15 is 0 Å². The van der Waals surface area contributed by atoms with Crippen molar-refractivity contribution in [2.24, 2.45) is 5.92 Å². The van der Waals surface area contributed by atoms with Gasteiger partial charge in [-0.15, -0.1) is 11.8 Å². The number of esters is 1. The number of hydrogen-bond acceptors (Lipinski definition) is 4. The second-order valence-corrected chi connectivity index (χ2v) is 7.98. The van der Waals surface area contributed by atoms with Gasteiger partial charge in [-0.25, -0.2) is 4.79 Å². The van der Waals surface area contributed by atoms with E-state index in [1.165, 1.54) is 11.8 Å². The van der Waals surface area contributed by atoms with Crippen molar-refractivity contribution in [3.05, 3.63) is 12.2 Å². The molecule has 20 heavy (non-hydrogen) atoms. The van der Waals surface area contributed by atoms with Crippen molar-refractivity contribution in [1.29, 1.82) is 0 Å². The van der Waals surface area contributed by atoms with Crippen LogP contribution in [0.15, 0.2) is 12.2 Å². The fraction of sp³-hybridized carbons (Fsp3) is 0.769. The summed E-state index contributed by atoms with van der Waals surface area (Å²) in [5.41, 5.74) is -1.45. The van der Waals surface area contributed by atoms with Crippen molar-refractivity contribution in [3.63, 3.8) is 0 Å². The Hall–Kier alpha value is -0.300. The number of hydrogen-bond donors (Lipinski definition) is 0. The van der Waals surface area contributed by atoms with Gasteiger partial charge in [-0.05, 0) is 37.7 Å². The molecule has 7 heteroatoms. The summed E-state index contributed by atoms with van der Waals surface area (Å²) >= 11 is 3.02. The Bertz CT molecular complexity index is 384. The van der Waals surface area contributed by atoms with Gasteiger partial charge in [-0.3, -0.25) is 0 Å². The number of thioether (sulfide) groups is 2. The molecule has 0 amide bonds. The quantitative estimate of drug-likeness (QED) is 0.559. The monoisotopic (exact) mass is 328 g/mol. The highest BCUT2D eigenvalue weighted by atomic mass is 32.2. The smallest absolute Gasteiger partial charge is 0.422 e. The predicted molar refractivity (Wildman–Crippen MR) is 77.9 cm³/mol. The highest BCUT2D eigenvalue weighted by Crippen LogP contribution is 2.41. The number of rotatable bonds is 2. The molecule has 116 valence electrons. The lowest BCUT2D eigenvalue weighted by atomic mass is 10.2. The molecule has 2 nitrogen and oxygen atoms in total. The highest BCUT2D eigenvalue weighted by molar-refractivity contribution is 8.04. The third-order valence-corrected chi connectivity index (χ3v) is 6.56. The van der Waals surface area contributed by atoms with Crippen LogP contribution < -0.4 is 0 Å². The molecule has 1 fully saturated rings. The molecule has 1 saturated heterocycles. The largest absolute Gasteiger partial charge is 0.443 e. The number of alkyl halides is 3.